The quantitative estimate of drug-likeness (QED) is 0.797. The zero-order valence-electron chi connectivity index (χ0n) is 8.74. The molecule has 0 aliphatic carbocycles. The molecule has 3 heteroatoms. The Balaban J connectivity index is 2.21. The topological polar surface area (TPSA) is 39.1 Å². The molecule has 1 aromatic carbocycles. The smallest absolute Gasteiger partial charge is 0.0640 e. The van der Waals surface area contributed by atoms with Gasteiger partial charge in [0.25, 0.3) is 0 Å². The second-order valence-electron chi connectivity index (χ2n) is 3.69. The molecule has 0 radical (unpaired) electrons. The van der Waals surface area contributed by atoms with Gasteiger partial charge in [0.05, 0.1) is 23.9 Å². The Kier molecular flexibility index (Phi) is 3.08. The first-order valence-corrected chi connectivity index (χ1v) is 5.36. The molecule has 2 rings (SSSR count). The van der Waals surface area contributed by atoms with Gasteiger partial charge in [-0.25, -0.2) is 0 Å². The van der Waals surface area contributed by atoms with Crippen LogP contribution in [-0.4, -0.2) is 19.6 Å². The molecule has 0 unspecified atom stereocenters. The van der Waals surface area contributed by atoms with E-state index in [4.69, 9.17) is 5.26 Å². The Labute approximate surface area is 90.3 Å². The van der Waals surface area contributed by atoms with Crippen LogP contribution in [-0.2, 0) is 0 Å². The fraction of sp³-hybridized carbons (Fsp3) is 0.417. The van der Waals surface area contributed by atoms with Crippen molar-refractivity contribution in [3.05, 3.63) is 24.3 Å². The molecule has 1 N–H and O–H groups in total. The summed E-state index contributed by atoms with van der Waals surface area (Å²) < 4.78 is 0. The van der Waals surface area contributed by atoms with Crippen LogP contribution in [0, 0.1) is 11.3 Å². The van der Waals surface area contributed by atoms with Crippen molar-refractivity contribution in [1.82, 2.24) is 0 Å². The molecule has 0 spiro atoms. The molecule has 1 aliphatic heterocycles. The van der Waals surface area contributed by atoms with Gasteiger partial charge in [-0.05, 0) is 18.6 Å². The molecule has 0 aromatic heterocycles. The second kappa shape index (κ2) is 4.70. The molecule has 15 heavy (non-hydrogen) atoms. The lowest BCUT2D eigenvalue weighted by Crippen LogP contribution is -2.24. The van der Waals surface area contributed by atoms with Gasteiger partial charge in [0.1, 0.15) is 0 Å². The van der Waals surface area contributed by atoms with Crippen molar-refractivity contribution in [3.8, 4) is 6.07 Å². The van der Waals surface area contributed by atoms with Gasteiger partial charge < -0.3 is 10.2 Å². The number of nitriles is 1. The fourth-order valence-corrected chi connectivity index (χ4v) is 1.93. The van der Waals surface area contributed by atoms with E-state index in [1.807, 2.05) is 12.1 Å². The first-order valence-electron chi connectivity index (χ1n) is 5.36. The lowest BCUT2D eigenvalue weighted by atomic mass is 10.2. The molecule has 0 bridgehead atoms. The van der Waals surface area contributed by atoms with E-state index in [1.165, 1.54) is 11.4 Å². The maximum Gasteiger partial charge on any atom is 0.0640 e. The maximum atomic E-state index is 8.62. The van der Waals surface area contributed by atoms with Gasteiger partial charge in [-0.3, -0.25) is 0 Å². The Bertz CT molecular complexity index is 367. The van der Waals surface area contributed by atoms with Gasteiger partial charge >= 0.3 is 0 Å². The highest BCUT2D eigenvalue weighted by molar-refractivity contribution is 5.70. The van der Waals surface area contributed by atoms with Crippen LogP contribution in [0.5, 0.6) is 0 Å². The second-order valence-corrected chi connectivity index (χ2v) is 3.69. The van der Waals surface area contributed by atoms with Gasteiger partial charge in [0.2, 0.25) is 0 Å². The molecule has 3 nitrogen and oxygen atoms in total. The van der Waals surface area contributed by atoms with Crippen LogP contribution in [0.1, 0.15) is 12.8 Å². The summed E-state index contributed by atoms with van der Waals surface area (Å²) in [5, 5.41) is 12.0. The van der Waals surface area contributed by atoms with Crippen LogP contribution in [0.25, 0.3) is 0 Å². The van der Waals surface area contributed by atoms with E-state index in [9.17, 15) is 0 Å². The molecule has 1 aromatic rings. The van der Waals surface area contributed by atoms with E-state index in [1.54, 1.807) is 0 Å². The minimum absolute atomic E-state index is 0.592. The van der Waals surface area contributed by atoms with Crippen LogP contribution in [0.4, 0.5) is 11.4 Å². The SMILES string of the molecule is N#CCCN1CCCNc2ccccc21. The third-order valence-corrected chi connectivity index (χ3v) is 2.66. The van der Waals surface area contributed by atoms with Crippen molar-refractivity contribution in [2.24, 2.45) is 0 Å². The highest BCUT2D eigenvalue weighted by atomic mass is 15.2. The summed E-state index contributed by atoms with van der Waals surface area (Å²) in [6.07, 6.45) is 1.72. The molecule has 1 heterocycles. The third-order valence-electron chi connectivity index (χ3n) is 2.66. The van der Waals surface area contributed by atoms with Gasteiger partial charge in [0.15, 0.2) is 0 Å². The monoisotopic (exact) mass is 201 g/mol. The predicted molar refractivity (Wildman–Crippen MR) is 62.0 cm³/mol. The summed E-state index contributed by atoms with van der Waals surface area (Å²) >= 11 is 0. The fourth-order valence-electron chi connectivity index (χ4n) is 1.93. The molecule has 0 atom stereocenters. The van der Waals surface area contributed by atoms with E-state index in [0.717, 1.165) is 26.1 Å². The number of rotatable bonds is 2. The van der Waals surface area contributed by atoms with Gasteiger partial charge in [-0.15, -0.1) is 0 Å². The number of benzene rings is 1. The summed E-state index contributed by atoms with van der Waals surface area (Å²) in [6, 6.07) is 10.5. The Hall–Kier alpha value is -1.69. The van der Waals surface area contributed by atoms with Gasteiger partial charge in [-0.1, -0.05) is 12.1 Å². The molecule has 0 saturated carbocycles. The lowest BCUT2D eigenvalue weighted by Gasteiger charge is -2.23. The third kappa shape index (κ3) is 2.21. The lowest BCUT2D eigenvalue weighted by molar-refractivity contribution is 0.765. The van der Waals surface area contributed by atoms with Crippen molar-refractivity contribution in [2.75, 3.05) is 29.9 Å². The highest BCUT2D eigenvalue weighted by Crippen LogP contribution is 2.27. The van der Waals surface area contributed by atoms with Crippen molar-refractivity contribution >= 4 is 11.4 Å². The van der Waals surface area contributed by atoms with E-state index >= 15 is 0 Å². The maximum absolute atomic E-state index is 8.62. The van der Waals surface area contributed by atoms with Gasteiger partial charge in [0, 0.05) is 19.6 Å². The predicted octanol–water partition coefficient (Wildman–Crippen LogP) is 2.22. The van der Waals surface area contributed by atoms with Crippen molar-refractivity contribution < 1.29 is 0 Å². The largest absolute Gasteiger partial charge is 0.383 e. The Morgan fingerprint density at radius 2 is 2.27 bits per heavy atom. The summed E-state index contributed by atoms with van der Waals surface area (Å²) in [4.78, 5) is 2.29. The molecule has 0 fully saturated rings. The Morgan fingerprint density at radius 3 is 3.13 bits per heavy atom. The van der Waals surface area contributed by atoms with Crippen molar-refractivity contribution in [2.45, 2.75) is 12.8 Å². The minimum Gasteiger partial charge on any atom is -0.383 e. The Morgan fingerprint density at radius 1 is 1.40 bits per heavy atom. The minimum atomic E-state index is 0.592. The summed E-state index contributed by atoms with van der Waals surface area (Å²) in [5.41, 5.74) is 2.41. The van der Waals surface area contributed by atoms with Crippen LogP contribution in [0.3, 0.4) is 0 Å². The van der Waals surface area contributed by atoms with Crippen molar-refractivity contribution in [1.29, 1.82) is 5.26 Å². The summed E-state index contributed by atoms with van der Waals surface area (Å²) in [6.45, 7) is 2.88. The number of nitrogens with one attached hydrogen (secondary N) is 1. The molecule has 0 amide bonds. The number of hydrogen-bond donors (Lipinski definition) is 1. The highest BCUT2D eigenvalue weighted by Gasteiger charge is 2.13. The molecular weight excluding hydrogens is 186 g/mol. The zero-order valence-corrected chi connectivity index (χ0v) is 8.74. The average Bonchev–Trinajstić information content (AvgIpc) is 2.49. The number of hydrogen-bond acceptors (Lipinski definition) is 3. The molecule has 78 valence electrons. The molecule has 0 saturated heterocycles. The number of nitrogens with zero attached hydrogens (tertiary/aromatic N) is 2. The van der Waals surface area contributed by atoms with Crippen LogP contribution < -0.4 is 10.2 Å². The van der Waals surface area contributed by atoms with Crippen LogP contribution >= 0.6 is 0 Å². The standard InChI is InChI=1S/C12H15N3/c13-7-3-9-15-10-4-8-14-11-5-1-2-6-12(11)15/h1-2,5-6,14H,3-4,8-10H2. The molecule has 1 aliphatic rings. The summed E-state index contributed by atoms with van der Waals surface area (Å²) in [5.74, 6) is 0. The van der Waals surface area contributed by atoms with Crippen molar-refractivity contribution in [3.63, 3.8) is 0 Å². The molecular formula is C12H15N3. The summed E-state index contributed by atoms with van der Waals surface area (Å²) in [7, 11) is 0. The van der Waals surface area contributed by atoms with Crippen LogP contribution in [0.15, 0.2) is 24.3 Å². The van der Waals surface area contributed by atoms with E-state index in [-0.39, 0.29) is 0 Å². The zero-order chi connectivity index (χ0) is 10.5. The van der Waals surface area contributed by atoms with E-state index in [0.29, 0.717) is 6.42 Å². The van der Waals surface area contributed by atoms with Gasteiger partial charge in [-0.2, -0.15) is 5.26 Å². The average molecular weight is 201 g/mol. The first-order chi connectivity index (χ1) is 7.42. The number of anilines is 2. The van der Waals surface area contributed by atoms with Crippen LogP contribution in [0.2, 0.25) is 0 Å². The number of para-hydroxylation sites is 2. The number of fused-ring (bicyclic) bond motifs is 1. The van der Waals surface area contributed by atoms with E-state index in [2.05, 4.69) is 28.4 Å². The normalized spacial score (nSPS) is 14.7. The van der Waals surface area contributed by atoms with E-state index < -0.39 is 0 Å². The first kappa shape index (κ1) is 9.85.